The standard InChI is InChI=1S/C13H19FN2O2S.ClH/c1-9-5-11(14)7-12(6-9)19(17,18)16-13-8-15-4-3-10(13)2;/h5-7,10,13,15-16H,3-4,8H2,1-2H3;1H. The van der Waals surface area contributed by atoms with Crippen LogP contribution in [-0.4, -0.2) is 27.5 Å². The van der Waals surface area contributed by atoms with Gasteiger partial charge in [-0.2, -0.15) is 0 Å². The van der Waals surface area contributed by atoms with Gasteiger partial charge in [-0.25, -0.2) is 17.5 Å². The summed E-state index contributed by atoms with van der Waals surface area (Å²) in [6, 6.07) is 3.69. The second-order valence-electron chi connectivity index (χ2n) is 5.16. The van der Waals surface area contributed by atoms with Crippen molar-refractivity contribution in [3.63, 3.8) is 0 Å². The smallest absolute Gasteiger partial charge is 0.240 e. The maximum atomic E-state index is 13.3. The van der Waals surface area contributed by atoms with Crippen molar-refractivity contribution in [3.05, 3.63) is 29.6 Å². The van der Waals surface area contributed by atoms with Crippen molar-refractivity contribution < 1.29 is 12.8 Å². The monoisotopic (exact) mass is 322 g/mol. The molecule has 114 valence electrons. The lowest BCUT2D eigenvalue weighted by molar-refractivity contribution is 0.327. The van der Waals surface area contributed by atoms with E-state index in [1.165, 1.54) is 12.1 Å². The molecule has 20 heavy (non-hydrogen) atoms. The Balaban J connectivity index is 0.00000200. The highest BCUT2D eigenvalue weighted by atomic mass is 35.5. The Hall–Kier alpha value is -0.690. The first-order chi connectivity index (χ1) is 8.88. The minimum atomic E-state index is -3.67. The van der Waals surface area contributed by atoms with E-state index < -0.39 is 15.8 Å². The maximum Gasteiger partial charge on any atom is 0.240 e. The fourth-order valence-electron chi connectivity index (χ4n) is 2.27. The van der Waals surface area contributed by atoms with Gasteiger partial charge in [0.2, 0.25) is 10.0 Å². The molecule has 0 aliphatic carbocycles. The van der Waals surface area contributed by atoms with Crippen molar-refractivity contribution >= 4 is 22.4 Å². The Kier molecular flexibility index (Phi) is 5.94. The average molecular weight is 323 g/mol. The van der Waals surface area contributed by atoms with Crippen LogP contribution in [0.3, 0.4) is 0 Å². The second kappa shape index (κ2) is 6.85. The Labute approximate surface area is 125 Å². The summed E-state index contributed by atoms with van der Waals surface area (Å²) in [5.74, 6) is -0.263. The molecule has 7 heteroatoms. The predicted octanol–water partition coefficient (Wildman–Crippen LogP) is 1.83. The number of nitrogens with one attached hydrogen (secondary N) is 2. The van der Waals surface area contributed by atoms with Crippen molar-refractivity contribution in [2.24, 2.45) is 5.92 Å². The molecule has 0 amide bonds. The van der Waals surface area contributed by atoms with Crippen LogP contribution in [0.5, 0.6) is 0 Å². The fraction of sp³-hybridized carbons (Fsp3) is 0.538. The SMILES string of the molecule is Cc1cc(F)cc(S(=O)(=O)NC2CNCCC2C)c1.Cl. The summed E-state index contributed by atoms with van der Waals surface area (Å²) in [6.07, 6.45) is 0.926. The van der Waals surface area contributed by atoms with Crippen LogP contribution in [-0.2, 0) is 10.0 Å². The summed E-state index contributed by atoms with van der Waals surface area (Å²) in [7, 11) is -3.67. The van der Waals surface area contributed by atoms with E-state index in [1.54, 1.807) is 6.92 Å². The van der Waals surface area contributed by atoms with Gasteiger partial charge in [-0.1, -0.05) is 6.92 Å². The fourth-order valence-corrected chi connectivity index (χ4v) is 3.73. The van der Waals surface area contributed by atoms with Gasteiger partial charge in [-0.3, -0.25) is 0 Å². The van der Waals surface area contributed by atoms with E-state index in [0.717, 1.165) is 19.0 Å². The topological polar surface area (TPSA) is 58.2 Å². The molecular formula is C13H20ClFN2O2S. The van der Waals surface area contributed by atoms with Crippen molar-refractivity contribution in [2.75, 3.05) is 13.1 Å². The molecule has 2 unspecified atom stereocenters. The molecule has 1 heterocycles. The maximum absolute atomic E-state index is 13.3. The van der Waals surface area contributed by atoms with E-state index in [9.17, 15) is 12.8 Å². The van der Waals surface area contributed by atoms with E-state index in [-0.39, 0.29) is 29.3 Å². The molecule has 1 fully saturated rings. The molecule has 0 radical (unpaired) electrons. The minimum Gasteiger partial charge on any atom is -0.315 e. The van der Waals surface area contributed by atoms with Gasteiger partial charge in [0.25, 0.3) is 0 Å². The number of rotatable bonds is 3. The molecule has 0 saturated carbocycles. The van der Waals surface area contributed by atoms with Crippen molar-refractivity contribution in [1.29, 1.82) is 0 Å². The van der Waals surface area contributed by atoms with Gasteiger partial charge in [0.1, 0.15) is 5.82 Å². The molecular weight excluding hydrogens is 303 g/mol. The van der Waals surface area contributed by atoms with E-state index in [1.807, 2.05) is 6.92 Å². The Morgan fingerprint density at radius 3 is 2.65 bits per heavy atom. The number of halogens is 2. The van der Waals surface area contributed by atoms with Crippen LogP contribution in [0.1, 0.15) is 18.9 Å². The molecule has 1 aliphatic rings. The summed E-state index contributed by atoms with van der Waals surface area (Å²) in [5.41, 5.74) is 0.593. The van der Waals surface area contributed by atoms with Gasteiger partial charge in [0.05, 0.1) is 4.90 Å². The molecule has 2 rings (SSSR count). The summed E-state index contributed by atoms with van der Waals surface area (Å²) < 4.78 is 40.5. The highest BCUT2D eigenvalue weighted by molar-refractivity contribution is 7.89. The zero-order chi connectivity index (χ0) is 14.0. The third kappa shape index (κ3) is 4.15. The Morgan fingerprint density at radius 1 is 1.35 bits per heavy atom. The highest BCUT2D eigenvalue weighted by Crippen LogP contribution is 2.17. The quantitative estimate of drug-likeness (QED) is 0.892. The summed E-state index contributed by atoms with van der Waals surface area (Å²) in [5, 5.41) is 3.16. The number of hydrogen-bond donors (Lipinski definition) is 2. The minimum absolute atomic E-state index is 0. The second-order valence-corrected chi connectivity index (χ2v) is 6.88. The zero-order valence-corrected chi connectivity index (χ0v) is 13.2. The van der Waals surface area contributed by atoms with Crippen LogP contribution in [0.15, 0.2) is 23.1 Å². The van der Waals surface area contributed by atoms with Crippen LogP contribution >= 0.6 is 12.4 Å². The van der Waals surface area contributed by atoms with E-state index in [4.69, 9.17) is 0 Å². The largest absolute Gasteiger partial charge is 0.315 e. The first-order valence-corrected chi connectivity index (χ1v) is 7.87. The van der Waals surface area contributed by atoms with Crippen molar-refractivity contribution in [1.82, 2.24) is 10.0 Å². The van der Waals surface area contributed by atoms with Gasteiger partial charge in [-0.05, 0) is 49.6 Å². The molecule has 1 saturated heterocycles. The van der Waals surface area contributed by atoms with Crippen molar-refractivity contribution in [2.45, 2.75) is 31.2 Å². The predicted molar refractivity (Wildman–Crippen MR) is 79.1 cm³/mol. The van der Waals surface area contributed by atoms with Gasteiger partial charge in [0.15, 0.2) is 0 Å². The molecule has 4 nitrogen and oxygen atoms in total. The molecule has 2 atom stereocenters. The van der Waals surface area contributed by atoms with Gasteiger partial charge < -0.3 is 5.32 Å². The third-order valence-corrected chi connectivity index (χ3v) is 4.93. The molecule has 0 bridgehead atoms. The molecule has 1 aliphatic heterocycles. The lowest BCUT2D eigenvalue weighted by atomic mass is 9.96. The number of aryl methyl sites for hydroxylation is 1. The number of hydrogen-bond acceptors (Lipinski definition) is 3. The van der Waals surface area contributed by atoms with Gasteiger partial charge in [0, 0.05) is 12.6 Å². The molecule has 0 spiro atoms. The lowest BCUT2D eigenvalue weighted by Crippen LogP contribution is -2.50. The normalized spacial score (nSPS) is 23.1. The molecule has 1 aromatic rings. The summed E-state index contributed by atoms with van der Waals surface area (Å²) in [4.78, 5) is -0.0113. The lowest BCUT2D eigenvalue weighted by Gasteiger charge is -2.30. The zero-order valence-electron chi connectivity index (χ0n) is 11.5. The van der Waals surface area contributed by atoms with Crippen LogP contribution in [0.2, 0.25) is 0 Å². The van der Waals surface area contributed by atoms with Gasteiger partial charge >= 0.3 is 0 Å². The molecule has 0 aromatic heterocycles. The van der Waals surface area contributed by atoms with Crippen molar-refractivity contribution in [3.8, 4) is 0 Å². The Bertz CT molecular complexity index is 545. The number of sulfonamides is 1. The first kappa shape index (κ1) is 17.4. The highest BCUT2D eigenvalue weighted by Gasteiger charge is 2.26. The first-order valence-electron chi connectivity index (χ1n) is 6.39. The van der Waals surface area contributed by atoms with Crippen LogP contribution in [0.4, 0.5) is 4.39 Å². The third-order valence-electron chi connectivity index (χ3n) is 3.46. The number of benzene rings is 1. The van der Waals surface area contributed by atoms with E-state index >= 15 is 0 Å². The molecule has 2 N–H and O–H groups in total. The Morgan fingerprint density at radius 2 is 2.05 bits per heavy atom. The molecule has 1 aromatic carbocycles. The average Bonchev–Trinajstić information content (AvgIpc) is 2.31. The number of piperidine rings is 1. The van der Waals surface area contributed by atoms with Crippen LogP contribution < -0.4 is 10.0 Å². The van der Waals surface area contributed by atoms with Crippen LogP contribution in [0.25, 0.3) is 0 Å². The van der Waals surface area contributed by atoms with E-state index in [0.29, 0.717) is 12.1 Å². The van der Waals surface area contributed by atoms with Gasteiger partial charge in [-0.15, -0.1) is 12.4 Å². The summed E-state index contributed by atoms with van der Waals surface area (Å²) in [6.45, 7) is 5.20. The summed E-state index contributed by atoms with van der Waals surface area (Å²) >= 11 is 0. The van der Waals surface area contributed by atoms with Crippen LogP contribution in [0, 0.1) is 18.7 Å². The van der Waals surface area contributed by atoms with E-state index in [2.05, 4.69) is 10.0 Å².